The Bertz CT molecular complexity index is 1540. The predicted molar refractivity (Wildman–Crippen MR) is 109 cm³/mol. The number of para-hydroxylation sites is 2. The molecule has 0 aliphatic heterocycles. The molecule has 0 spiro atoms. The van der Waals surface area contributed by atoms with Crippen LogP contribution in [0.3, 0.4) is 0 Å². The number of pyridine rings is 1. The SMILES string of the molecule is Cc1cc(Oc2ccc3c(C)cc(=O)oc3c2)n2c(nc3ccccc32)c1C#N. The molecule has 3 heterocycles. The lowest BCUT2D eigenvalue weighted by Crippen LogP contribution is -2.00. The number of imidazole rings is 1. The van der Waals surface area contributed by atoms with Crippen LogP contribution >= 0.6 is 0 Å². The smallest absolute Gasteiger partial charge is 0.336 e. The van der Waals surface area contributed by atoms with Gasteiger partial charge >= 0.3 is 5.63 Å². The van der Waals surface area contributed by atoms with Crippen LogP contribution in [0.5, 0.6) is 11.6 Å². The first kappa shape index (κ1) is 17.0. The van der Waals surface area contributed by atoms with E-state index in [1.165, 1.54) is 6.07 Å². The normalized spacial score (nSPS) is 11.2. The average molecular weight is 381 g/mol. The van der Waals surface area contributed by atoms with E-state index in [0.29, 0.717) is 28.4 Å². The lowest BCUT2D eigenvalue weighted by Gasteiger charge is -2.12. The third kappa shape index (κ3) is 2.64. The first-order valence-corrected chi connectivity index (χ1v) is 9.08. The van der Waals surface area contributed by atoms with Crippen molar-refractivity contribution < 1.29 is 9.15 Å². The summed E-state index contributed by atoms with van der Waals surface area (Å²) in [7, 11) is 0. The summed E-state index contributed by atoms with van der Waals surface area (Å²) in [6.07, 6.45) is 0. The van der Waals surface area contributed by atoms with Gasteiger partial charge in [0.25, 0.3) is 0 Å². The predicted octanol–water partition coefficient (Wildman–Crippen LogP) is 4.87. The molecule has 29 heavy (non-hydrogen) atoms. The minimum atomic E-state index is -0.399. The van der Waals surface area contributed by atoms with Crippen molar-refractivity contribution in [2.24, 2.45) is 0 Å². The van der Waals surface area contributed by atoms with E-state index in [2.05, 4.69) is 11.1 Å². The molecule has 0 fully saturated rings. The number of ether oxygens (including phenoxy) is 1. The summed E-state index contributed by atoms with van der Waals surface area (Å²) >= 11 is 0. The molecule has 140 valence electrons. The second-order valence-electron chi connectivity index (χ2n) is 6.92. The zero-order valence-electron chi connectivity index (χ0n) is 15.8. The fraction of sp³-hybridized carbons (Fsp3) is 0.0870. The van der Waals surface area contributed by atoms with E-state index in [0.717, 1.165) is 27.5 Å². The van der Waals surface area contributed by atoms with Crippen LogP contribution in [-0.4, -0.2) is 9.38 Å². The number of rotatable bonds is 2. The van der Waals surface area contributed by atoms with Crippen molar-refractivity contribution in [3.8, 4) is 17.7 Å². The molecule has 0 unspecified atom stereocenters. The number of aromatic nitrogens is 2. The van der Waals surface area contributed by atoms with Gasteiger partial charge in [-0.3, -0.25) is 4.40 Å². The Morgan fingerprint density at radius 3 is 2.72 bits per heavy atom. The van der Waals surface area contributed by atoms with Crippen molar-refractivity contribution in [1.82, 2.24) is 9.38 Å². The maximum atomic E-state index is 11.7. The number of fused-ring (bicyclic) bond motifs is 4. The fourth-order valence-corrected chi connectivity index (χ4v) is 3.62. The molecular formula is C23H15N3O3. The maximum Gasteiger partial charge on any atom is 0.336 e. The maximum absolute atomic E-state index is 11.7. The van der Waals surface area contributed by atoms with Gasteiger partial charge in [-0.1, -0.05) is 12.1 Å². The molecule has 5 aromatic rings. The van der Waals surface area contributed by atoms with Gasteiger partial charge in [0.05, 0.1) is 16.6 Å². The highest BCUT2D eigenvalue weighted by Gasteiger charge is 2.16. The quantitative estimate of drug-likeness (QED) is 0.407. The van der Waals surface area contributed by atoms with Crippen LogP contribution in [0.4, 0.5) is 0 Å². The van der Waals surface area contributed by atoms with Crippen molar-refractivity contribution in [3.05, 3.63) is 81.7 Å². The Labute approximate surface area is 165 Å². The molecule has 0 saturated carbocycles. The van der Waals surface area contributed by atoms with Crippen LogP contribution in [0.2, 0.25) is 0 Å². The molecule has 3 aromatic heterocycles. The van der Waals surface area contributed by atoms with Crippen molar-refractivity contribution in [2.45, 2.75) is 13.8 Å². The van der Waals surface area contributed by atoms with E-state index >= 15 is 0 Å². The Hall–Kier alpha value is -4.11. The topological polar surface area (TPSA) is 80.5 Å². The number of nitrogens with zero attached hydrogens (tertiary/aromatic N) is 3. The molecular weight excluding hydrogens is 366 g/mol. The fourth-order valence-electron chi connectivity index (χ4n) is 3.62. The standard InChI is InChI=1S/C23H15N3O3/c1-13-9-21(26-19-6-4-3-5-18(19)25-23(26)17(13)12-24)28-15-7-8-16-14(2)10-22(27)29-20(16)11-15/h3-11H,1-2H3. The van der Waals surface area contributed by atoms with Gasteiger partial charge in [0.1, 0.15) is 17.4 Å². The zero-order chi connectivity index (χ0) is 20.1. The van der Waals surface area contributed by atoms with E-state index in [1.807, 2.05) is 60.7 Å². The van der Waals surface area contributed by atoms with Crippen molar-refractivity contribution >= 4 is 27.6 Å². The van der Waals surface area contributed by atoms with E-state index < -0.39 is 5.63 Å². The monoisotopic (exact) mass is 381 g/mol. The number of aryl methyl sites for hydroxylation is 2. The molecule has 0 amide bonds. The third-order valence-corrected chi connectivity index (χ3v) is 5.00. The van der Waals surface area contributed by atoms with E-state index in [1.54, 1.807) is 6.07 Å². The van der Waals surface area contributed by atoms with E-state index in [4.69, 9.17) is 9.15 Å². The molecule has 6 nitrogen and oxygen atoms in total. The lowest BCUT2D eigenvalue weighted by molar-refractivity contribution is 0.456. The molecule has 0 bridgehead atoms. The minimum absolute atomic E-state index is 0.399. The van der Waals surface area contributed by atoms with E-state index in [-0.39, 0.29) is 0 Å². The lowest BCUT2D eigenvalue weighted by atomic mass is 10.1. The third-order valence-electron chi connectivity index (χ3n) is 5.00. The molecule has 0 aliphatic carbocycles. The summed E-state index contributed by atoms with van der Waals surface area (Å²) in [5, 5.41) is 10.5. The van der Waals surface area contributed by atoms with Crippen LogP contribution in [0.15, 0.2) is 63.8 Å². The zero-order valence-corrected chi connectivity index (χ0v) is 15.8. The summed E-state index contributed by atoms with van der Waals surface area (Å²) in [6, 6.07) is 18.6. The number of hydrogen-bond acceptors (Lipinski definition) is 5. The number of hydrogen-bond donors (Lipinski definition) is 0. The van der Waals surface area contributed by atoms with Gasteiger partial charge < -0.3 is 9.15 Å². The van der Waals surface area contributed by atoms with Gasteiger partial charge in [-0.05, 0) is 49.2 Å². The van der Waals surface area contributed by atoms with Gasteiger partial charge in [0, 0.05) is 23.6 Å². The number of benzene rings is 2. The average Bonchev–Trinajstić information content (AvgIpc) is 3.07. The molecule has 5 rings (SSSR count). The molecule has 0 radical (unpaired) electrons. The van der Waals surface area contributed by atoms with E-state index in [9.17, 15) is 10.1 Å². The van der Waals surface area contributed by atoms with Gasteiger partial charge in [-0.2, -0.15) is 5.26 Å². The first-order valence-electron chi connectivity index (χ1n) is 9.08. The second-order valence-corrected chi connectivity index (χ2v) is 6.92. The minimum Gasteiger partial charge on any atom is -0.440 e. The molecule has 6 heteroatoms. The Balaban J connectivity index is 1.74. The van der Waals surface area contributed by atoms with Crippen LogP contribution < -0.4 is 10.4 Å². The largest absolute Gasteiger partial charge is 0.440 e. The van der Waals surface area contributed by atoms with Gasteiger partial charge in [-0.25, -0.2) is 9.78 Å². The Morgan fingerprint density at radius 2 is 1.90 bits per heavy atom. The summed E-state index contributed by atoms with van der Waals surface area (Å²) in [5.41, 5.74) is 4.36. The molecule has 0 aliphatic rings. The van der Waals surface area contributed by atoms with Crippen molar-refractivity contribution in [1.29, 1.82) is 5.26 Å². The molecule has 2 aromatic carbocycles. The van der Waals surface area contributed by atoms with Crippen LogP contribution in [0.1, 0.15) is 16.7 Å². The van der Waals surface area contributed by atoms with Gasteiger partial charge in [-0.15, -0.1) is 0 Å². The summed E-state index contributed by atoms with van der Waals surface area (Å²) < 4.78 is 13.3. The molecule has 0 saturated heterocycles. The van der Waals surface area contributed by atoms with Crippen molar-refractivity contribution in [3.63, 3.8) is 0 Å². The first-order chi connectivity index (χ1) is 14.0. The van der Waals surface area contributed by atoms with Gasteiger partial charge in [0.15, 0.2) is 5.65 Å². The second kappa shape index (κ2) is 6.21. The van der Waals surface area contributed by atoms with Gasteiger partial charge in [0.2, 0.25) is 5.88 Å². The van der Waals surface area contributed by atoms with Crippen molar-refractivity contribution in [2.75, 3.05) is 0 Å². The molecule has 0 atom stereocenters. The summed E-state index contributed by atoms with van der Waals surface area (Å²) in [5.74, 6) is 1.05. The highest BCUT2D eigenvalue weighted by Crippen LogP contribution is 2.32. The van der Waals surface area contributed by atoms with Crippen LogP contribution in [-0.2, 0) is 0 Å². The molecule has 0 N–H and O–H groups in total. The van der Waals surface area contributed by atoms with Crippen LogP contribution in [0, 0.1) is 25.2 Å². The highest BCUT2D eigenvalue weighted by atomic mass is 16.5. The highest BCUT2D eigenvalue weighted by molar-refractivity contribution is 5.84. The summed E-state index contributed by atoms with van der Waals surface area (Å²) in [4.78, 5) is 16.3. The number of nitriles is 1. The Morgan fingerprint density at radius 1 is 1.07 bits per heavy atom. The summed E-state index contributed by atoms with van der Waals surface area (Å²) in [6.45, 7) is 3.72. The Kier molecular flexibility index (Phi) is 3.65. The van der Waals surface area contributed by atoms with Crippen LogP contribution in [0.25, 0.3) is 27.6 Å².